The molecule has 0 fully saturated rings. The number of amides is 1. The van der Waals surface area contributed by atoms with Gasteiger partial charge in [-0.25, -0.2) is 8.42 Å². The Morgan fingerprint density at radius 2 is 1.71 bits per heavy atom. The molecule has 8 heteroatoms. The lowest BCUT2D eigenvalue weighted by Crippen LogP contribution is -2.22. The van der Waals surface area contributed by atoms with Gasteiger partial charge in [-0.2, -0.15) is 0 Å². The van der Waals surface area contributed by atoms with Gasteiger partial charge in [0.2, 0.25) is 15.7 Å². The second-order valence-corrected chi connectivity index (χ2v) is 9.35. The van der Waals surface area contributed by atoms with Crippen LogP contribution in [-0.4, -0.2) is 28.0 Å². The Kier molecular flexibility index (Phi) is 6.87. The largest absolute Gasteiger partial charge is 0.495 e. The van der Waals surface area contributed by atoms with Gasteiger partial charge in [-0.3, -0.25) is 4.79 Å². The summed E-state index contributed by atoms with van der Waals surface area (Å²) in [6.45, 7) is 3.54. The molecule has 0 spiro atoms. The number of sulfone groups is 1. The van der Waals surface area contributed by atoms with Gasteiger partial charge in [-0.15, -0.1) is 0 Å². The molecule has 0 bridgehead atoms. The second-order valence-electron chi connectivity index (χ2n) is 6.99. The fourth-order valence-corrected chi connectivity index (χ4v) is 4.78. The van der Waals surface area contributed by atoms with E-state index < -0.39 is 9.84 Å². The Hall–Kier alpha value is -3.03. The summed E-state index contributed by atoms with van der Waals surface area (Å²) in [5, 5.41) is 6.21. The van der Waals surface area contributed by atoms with Gasteiger partial charge in [0.25, 0.3) is 0 Å². The molecule has 0 saturated carbocycles. The molecule has 31 heavy (non-hydrogen) atoms. The number of hydrogen-bond acceptors (Lipinski definition) is 5. The van der Waals surface area contributed by atoms with Gasteiger partial charge < -0.3 is 15.4 Å². The van der Waals surface area contributed by atoms with Crippen LogP contribution < -0.4 is 15.4 Å². The molecule has 1 amide bonds. The van der Waals surface area contributed by atoms with Crippen LogP contribution in [0.15, 0.2) is 70.5 Å². The first-order valence-corrected chi connectivity index (χ1v) is 11.4. The lowest BCUT2D eigenvalue weighted by atomic mass is 10.2. The molecule has 3 aromatic carbocycles. The second kappa shape index (κ2) is 9.41. The van der Waals surface area contributed by atoms with Gasteiger partial charge in [0.1, 0.15) is 5.75 Å². The van der Waals surface area contributed by atoms with Crippen molar-refractivity contribution in [1.29, 1.82) is 0 Å². The van der Waals surface area contributed by atoms with Crippen molar-refractivity contribution in [2.45, 2.75) is 23.6 Å². The van der Waals surface area contributed by atoms with Crippen molar-refractivity contribution < 1.29 is 17.9 Å². The Balaban J connectivity index is 1.77. The maximum absolute atomic E-state index is 13.1. The van der Waals surface area contributed by atoms with E-state index in [2.05, 4.69) is 10.6 Å². The van der Waals surface area contributed by atoms with Crippen LogP contribution in [0.25, 0.3) is 0 Å². The van der Waals surface area contributed by atoms with Gasteiger partial charge in [-0.1, -0.05) is 35.4 Å². The highest BCUT2D eigenvalue weighted by molar-refractivity contribution is 7.91. The number of nitrogens with one attached hydrogen (secondary N) is 2. The smallest absolute Gasteiger partial charge is 0.243 e. The molecule has 0 aliphatic carbocycles. The lowest BCUT2D eigenvalue weighted by molar-refractivity contribution is -0.114. The lowest BCUT2D eigenvalue weighted by Gasteiger charge is -2.15. The van der Waals surface area contributed by atoms with Crippen LogP contribution in [0.4, 0.5) is 11.4 Å². The number of aryl methyl sites for hydroxylation is 1. The number of ether oxygens (including phenoxy) is 1. The van der Waals surface area contributed by atoms with E-state index in [0.717, 1.165) is 5.56 Å². The minimum absolute atomic E-state index is 0.0649. The van der Waals surface area contributed by atoms with E-state index >= 15 is 0 Å². The topological polar surface area (TPSA) is 84.5 Å². The fraction of sp³-hybridized carbons (Fsp3) is 0.174. The van der Waals surface area contributed by atoms with Crippen LogP contribution in [0.2, 0.25) is 5.02 Å². The summed E-state index contributed by atoms with van der Waals surface area (Å²) in [7, 11) is -2.18. The maximum Gasteiger partial charge on any atom is 0.243 e. The third-order valence-electron chi connectivity index (χ3n) is 4.78. The molecule has 0 saturated heterocycles. The average Bonchev–Trinajstić information content (AvgIpc) is 2.73. The average molecular weight is 459 g/mol. The highest BCUT2D eigenvalue weighted by Gasteiger charge is 2.21. The summed E-state index contributed by atoms with van der Waals surface area (Å²) in [5.41, 5.74) is 2.53. The summed E-state index contributed by atoms with van der Waals surface area (Å²) in [6, 6.07) is 16.6. The van der Waals surface area contributed by atoms with Crippen LogP contribution in [0.3, 0.4) is 0 Å². The number of benzene rings is 3. The molecule has 0 unspecified atom stereocenters. The van der Waals surface area contributed by atoms with E-state index in [1.807, 2.05) is 6.92 Å². The number of anilines is 2. The molecular weight excluding hydrogens is 436 g/mol. The van der Waals surface area contributed by atoms with E-state index in [9.17, 15) is 13.2 Å². The first kappa shape index (κ1) is 22.7. The van der Waals surface area contributed by atoms with E-state index in [0.29, 0.717) is 27.7 Å². The standard InChI is InChI=1S/C23H23ClN2O4S/c1-15-7-10-18(11-8-15)31(28,29)22-6-4-5-19(16(22)2)25-14-23(27)26-20-13-17(24)9-12-21(20)30-3/h4-13,25H,14H2,1-3H3,(H,26,27). The molecule has 3 aromatic rings. The summed E-state index contributed by atoms with van der Waals surface area (Å²) in [5.74, 6) is 0.159. The van der Waals surface area contributed by atoms with E-state index in [1.165, 1.54) is 7.11 Å². The SMILES string of the molecule is COc1ccc(Cl)cc1NC(=O)CNc1cccc(S(=O)(=O)c2ccc(C)cc2)c1C. The third kappa shape index (κ3) is 5.18. The molecule has 0 radical (unpaired) electrons. The fourth-order valence-electron chi connectivity index (χ4n) is 3.09. The monoisotopic (exact) mass is 458 g/mol. The van der Waals surface area contributed by atoms with E-state index in [4.69, 9.17) is 16.3 Å². The normalized spacial score (nSPS) is 11.1. The number of halogens is 1. The molecule has 0 aromatic heterocycles. The van der Waals surface area contributed by atoms with Crippen molar-refractivity contribution in [1.82, 2.24) is 0 Å². The predicted molar refractivity (Wildman–Crippen MR) is 123 cm³/mol. The van der Waals surface area contributed by atoms with Gasteiger partial charge in [0.15, 0.2) is 0 Å². The zero-order valence-corrected chi connectivity index (χ0v) is 19.0. The zero-order chi connectivity index (χ0) is 22.6. The zero-order valence-electron chi connectivity index (χ0n) is 17.4. The molecule has 0 aliphatic rings. The highest BCUT2D eigenvalue weighted by Crippen LogP contribution is 2.29. The number of carbonyl (C=O) groups is 1. The van der Waals surface area contributed by atoms with Gasteiger partial charge >= 0.3 is 0 Å². The predicted octanol–water partition coefficient (Wildman–Crippen LogP) is 4.85. The summed E-state index contributed by atoms with van der Waals surface area (Å²) in [6.07, 6.45) is 0. The molecule has 162 valence electrons. The molecule has 3 rings (SSSR count). The molecule has 6 nitrogen and oxygen atoms in total. The number of rotatable bonds is 7. The van der Waals surface area contributed by atoms with Crippen molar-refractivity contribution in [2.75, 3.05) is 24.3 Å². The summed E-state index contributed by atoms with van der Waals surface area (Å²) in [4.78, 5) is 12.8. The van der Waals surface area contributed by atoms with Crippen LogP contribution in [0.1, 0.15) is 11.1 Å². The van der Waals surface area contributed by atoms with Crippen LogP contribution in [0.5, 0.6) is 5.75 Å². The summed E-state index contributed by atoms with van der Waals surface area (Å²) < 4.78 is 31.4. The molecule has 0 atom stereocenters. The Morgan fingerprint density at radius 1 is 1.00 bits per heavy atom. The minimum Gasteiger partial charge on any atom is -0.495 e. The first-order valence-electron chi connectivity index (χ1n) is 9.51. The summed E-state index contributed by atoms with van der Waals surface area (Å²) >= 11 is 5.99. The van der Waals surface area contributed by atoms with Crippen LogP contribution in [-0.2, 0) is 14.6 Å². The molecule has 0 heterocycles. The Labute approximate surface area is 187 Å². The maximum atomic E-state index is 13.1. The third-order valence-corrected chi connectivity index (χ3v) is 6.93. The van der Waals surface area contributed by atoms with Crippen molar-refractivity contribution in [3.8, 4) is 5.75 Å². The van der Waals surface area contributed by atoms with E-state index in [-0.39, 0.29) is 22.2 Å². The van der Waals surface area contributed by atoms with Crippen LogP contribution in [0, 0.1) is 13.8 Å². The van der Waals surface area contributed by atoms with Crippen molar-refractivity contribution in [3.05, 3.63) is 76.8 Å². The first-order chi connectivity index (χ1) is 14.7. The van der Waals surface area contributed by atoms with Crippen LogP contribution >= 0.6 is 11.6 Å². The quantitative estimate of drug-likeness (QED) is 0.528. The van der Waals surface area contributed by atoms with Crippen molar-refractivity contribution in [2.24, 2.45) is 0 Å². The van der Waals surface area contributed by atoms with Gasteiger partial charge in [0, 0.05) is 10.7 Å². The number of hydrogen-bond donors (Lipinski definition) is 2. The number of carbonyl (C=O) groups excluding carboxylic acids is 1. The Bertz CT molecular complexity index is 1210. The van der Waals surface area contributed by atoms with Crippen molar-refractivity contribution in [3.63, 3.8) is 0 Å². The van der Waals surface area contributed by atoms with Gasteiger partial charge in [0.05, 0.1) is 29.1 Å². The number of methoxy groups -OCH3 is 1. The van der Waals surface area contributed by atoms with Crippen molar-refractivity contribution >= 4 is 38.7 Å². The van der Waals surface area contributed by atoms with Gasteiger partial charge in [-0.05, 0) is 61.9 Å². The highest BCUT2D eigenvalue weighted by atomic mass is 35.5. The minimum atomic E-state index is -3.68. The van der Waals surface area contributed by atoms with E-state index in [1.54, 1.807) is 67.6 Å². The molecular formula is C23H23ClN2O4S. The molecule has 0 aliphatic heterocycles. The Morgan fingerprint density at radius 3 is 2.39 bits per heavy atom. The molecule has 2 N–H and O–H groups in total.